The zero-order valence-corrected chi connectivity index (χ0v) is 17.0. The Balaban J connectivity index is 1.67. The number of nitro groups is 1. The average Bonchev–Trinajstić information content (AvgIpc) is 3.25. The van der Waals surface area contributed by atoms with Gasteiger partial charge in [-0.15, -0.1) is 0 Å². The van der Waals surface area contributed by atoms with Crippen LogP contribution in [0.5, 0.6) is 0 Å². The van der Waals surface area contributed by atoms with Crippen LogP contribution in [-0.4, -0.2) is 39.0 Å². The molecule has 2 aromatic carbocycles. The van der Waals surface area contributed by atoms with E-state index >= 15 is 0 Å². The second-order valence-electron chi connectivity index (χ2n) is 6.93. The van der Waals surface area contributed by atoms with Gasteiger partial charge in [-0.25, -0.2) is 0 Å². The Morgan fingerprint density at radius 3 is 2.31 bits per heavy atom. The summed E-state index contributed by atoms with van der Waals surface area (Å²) in [4.78, 5) is 28.7. The Morgan fingerprint density at radius 1 is 1.09 bits per heavy atom. The third kappa shape index (κ3) is 5.48. The first-order chi connectivity index (χ1) is 15.2. The molecule has 0 unspecified atom stereocenters. The van der Waals surface area contributed by atoms with Gasteiger partial charge < -0.3 is 9.42 Å². The summed E-state index contributed by atoms with van der Waals surface area (Å²) in [7, 11) is 0. The van der Waals surface area contributed by atoms with Gasteiger partial charge in [-0.05, 0) is 42.8 Å². The summed E-state index contributed by atoms with van der Waals surface area (Å²) < 4.78 is 43.4. The molecule has 0 fully saturated rings. The van der Waals surface area contributed by atoms with Gasteiger partial charge >= 0.3 is 6.18 Å². The maximum atomic E-state index is 12.8. The number of aromatic nitrogens is 2. The van der Waals surface area contributed by atoms with Crippen molar-refractivity contribution in [3.05, 3.63) is 75.7 Å². The van der Waals surface area contributed by atoms with Crippen molar-refractivity contribution in [1.82, 2.24) is 15.0 Å². The van der Waals surface area contributed by atoms with E-state index in [0.29, 0.717) is 18.5 Å². The van der Waals surface area contributed by atoms with Crippen LogP contribution in [0, 0.1) is 10.1 Å². The SMILES string of the molecule is CCCN(CCc1nc(-c2ccc([N+](=O)[O-])cc2)no1)C(=O)c1ccc(C(F)(F)F)cc1. The van der Waals surface area contributed by atoms with Gasteiger partial charge in [-0.1, -0.05) is 12.1 Å². The molecule has 8 nitrogen and oxygen atoms in total. The first-order valence-corrected chi connectivity index (χ1v) is 9.73. The summed E-state index contributed by atoms with van der Waals surface area (Å²) in [5.41, 5.74) is -0.185. The second-order valence-corrected chi connectivity index (χ2v) is 6.93. The van der Waals surface area contributed by atoms with E-state index in [1.54, 1.807) is 0 Å². The number of halogens is 3. The fourth-order valence-corrected chi connectivity index (χ4v) is 3.01. The highest BCUT2D eigenvalue weighted by Crippen LogP contribution is 2.29. The van der Waals surface area contributed by atoms with Crippen molar-refractivity contribution >= 4 is 11.6 Å². The van der Waals surface area contributed by atoms with E-state index in [9.17, 15) is 28.1 Å². The van der Waals surface area contributed by atoms with Crippen LogP contribution in [0.25, 0.3) is 11.4 Å². The third-order valence-corrected chi connectivity index (χ3v) is 4.64. The third-order valence-electron chi connectivity index (χ3n) is 4.64. The number of carbonyl (C=O) groups is 1. The lowest BCUT2D eigenvalue weighted by Gasteiger charge is -2.21. The number of rotatable bonds is 8. The zero-order valence-electron chi connectivity index (χ0n) is 17.0. The number of nitro benzene ring substituents is 1. The average molecular weight is 448 g/mol. The highest BCUT2D eigenvalue weighted by molar-refractivity contribution is 5.94. The van der Waals surface area contributed by atoms with Crippen LogP contribution in [0.4, 0.5) is 18.9 Å². The summed E-state index contributed by atoms with van der Waals surface area (Å²) >= 11 is 0. The van der Waals surface area contributed by atoms with Crippen molar-refractivity contribution in [3.8, 4) is 11.4 Å². The molecule has 1 heterocycles. The summed E-state index contributed by atoms with van der Waals surface area (Å²) in [6.07, 6.45) is -3.57. The molecule has 3 rings (SSSR count). The molecule has 0 N–H and O–H groups in total. The Hall–Kier alpha value is -3.76. The number of amides is 1. The summed E-state index contributed by atoms with van der Waals surface area (Å²) in [6.45, 7) is 2.52. The minimum absolute atomic E-state index is 0.0607. The van der Waals surface area contributed by atoms with Crippen molar-refractivity contribution < 1.29 is 27.4 Å². The van der Waals surface area contributed by atoms with Gasteiger partial charge in [0.05, 0.1) is 10.5 Å². The van der Waals surface area contributed by atoms with E-state index in [1.165, 1.54) is 29.2 Å². The largest absolute Gasteiger partial charge is 0.416 e. The molecule has 168 valence electrons. The molecule has 0 radical (unpaired) electrons. The number of carbonyl (C=O) groups excluding carboxylic acids is 1. The van der Waals surface area contributed by atoms with Crippen LogP contribution in [0.1, 0.15) is 35.2 Å². The number of benzene rings is 2. The molecule has 0 aliphatic carbocycles. The fourth-order valence-electron chi connectivity index (χ4n) is 3.01. The quantitative estimate of drug-likeness (QED) is 0.364. The Morgan fingerprint density at radius 2 is 1.75 bits per heavy atom. The van der Waals surface area contributed by atoms with E-state index in [4.69, 9.17) is 4.52 Å². The molecule has 1 amide bonds. The number of alkyl halides is 3. The lowest BCUT2D eigenvalue weighted by Crippen LogP contribution is -2.33. The molecule has 11 heteroatoms. The first kappa shape index (κ1) is 22.9. The van der Waals surface area contributed by atoms with Crippen molar-refractivity contribution in [1.29, 1.82) is 0 Å². The lowest BCUT2D eigenvalue weighted by molar-refractivity contribution is -0.384. The highest BCUT2D eigenvalue weighted by atomic mass is 19.4. The molecule has 1 aromatic heterocycles. The zero-order chi connectivity index (χ0) is 23.3. The molecule has 3 aromatic rings. The van der Waals surface area contributed by atoms with Gasteiger partial charge in [-0.3, -0.25) is 14.9 Å². The van der Waals surface area contributed by atoms with Crippen molar-refractivity contribution in [3.63, 3.8) is 0 Å². The van der Waals surface area contributed by atoms with Gasteiger partial charge in [-0.2, -0.15) is 18.2 Å². The minimum atomic E-state index is -4.47. The van der Waals surface area contributed by atoms with E-state index in [2.05, 4.69) is 10.1 Å². The molecule has 0 aliphatic heterocycles. The van der Waals surface area contributed by atoms with E-state index in [0.717, 1.165) is 24.3 Å². The van der Waals surface area contributed by atoms with Gasteiger partial charge in [0.25, 0.3) is 11.6 Å². The number of nitrogens with zero attached hydrogens (tertiary/aromatic N) is 4. The number of hydrogen-bond acceptors (Lipinski definition) is 6. The molecular formula is C21H19F3N4O4. The maximum Gasteiger partial charge on any atom is 0.416 e. The minimum Gasteiger partial charge on any atom is -0.339 e. The fraction of sp³-hybridized carbons (Fsp3) is 0.286. The molecular weight excluding hydrogens is 429 g/mol. The predicted molar refractivity (Wildman–Crippen MR) is 108 cm³/mol. The summed E-state index contributed by atoms with van der Waals surface area (Å²) in [5, 5.41) is 14.6. The first-order valence-electron chi connectivity index (χ1n) is 9.73. The van der Waals surface area contributed by atoms with Gasteiger partial charge in [0, 0.05) is 42.8 Å². The molecule has 0 saturated heterocycles. The van der Waals surface area contributed by atoms with Crippen LogP contribution >= 0.6 is 0 Å². The number of hydrogen-bond donors (Lipinski definition) is 0. The van der Waals surface area contributed by atoms with Crippen LogP contribution < -0.4 is 0 Å². The molecule has 0 aliphatic rings. The van der Waals surface area contributed by atoms with Crippen LogP contribution in [0.2, 0.25) is 0 Å². The smallest absolute Gasteiger partial charge is 0.339 e. The van der Waals surface area contributed by atoms with Gasteiger partial charge in [0.2, 0.25) is 11.7 Å². The van der Waals surface area contributed by atoms with E-state index < -0.39 is 22.6 Å². The van der Waals surface area contributed by atoms with Crippen LogP contribution in [0.15, 0.2) is 53.1 Å². The van der Waals surface area contributed by atoms with Gasteiger partial charge in [0.15, 0.2) is 0 Å². The van der Waals surface area contributed by atoms with E-state index in [-0.39, 0.29) is 35.9 Å². The molecule has 0 bridgehead atoms. The summed E-state index contributed by atoms with van der Waals surface area (Å²) in [5.74, 6) is 0.126. The number of non-ortho nitro benzene ring substituents is 1. The van der Waals surface area contributed by atoms with E-state index in [1.807, 2.05) is 6.92 Å². The Kier molecular flexibility index (Phi) is 6.86. The lowest BCUT2D eigenvalue weighted by atomic mass is 10.1. The molecule has 0 atom stereocenters. The predicted octanol–water partition coefficient (Wildman–Crippen LogP) is 4.76. The maximum absolute atomic E-state index is 12.8. The van der Waals surface area contributed by atoms with Crippen molar-refractivity contribution in [2.24, 2.45) is 0 Å². The highest BCUT2D eigenvalue weighted by Gasteiger charge is 2.30. The Bertz CT molecular complexity index is 1080. The normalized spacial score (nSPS) is 11.4. The molecule has 32 heavy (non-hydrogen) atoms. The molecule has 0 spiro atoms. The van der Waals surface area contributed by atoms with Crippen molar-refractivity contribution in [2.75, 3.05) is 13.1 Å². The van der Waals surface area contributed by atoms with Crippen LogP contribution in [-0.2, 0) is 12.6 Å². The molecule has 0 saturated carbocycles. The van der Waals surface area contributed by atoms with Crippen molar-refractivity contribution in [2.45, 2.75) is 25.9 Å². The van der Waals surface area contributed by atoms with Crippen LogP contribution in [0.3, 0.4) is 0 Å². The monoisotopic (exact) mass is 448 g/mol. The Labute approximate surface area is 180 Å². The summed E-state index contributed by atoms with van der Waals surface area (Å²) in [6, 6.07) is 9.75. The standard InChI is InChI=1S/C21H19F3N4O4/c1-2-12-27(20(29)15-3-7-16(8-4-15)21(22,23)24)13-11-18-25-19(26-32-18)14-5-9-17(10-6-14)28(30)31/h3-10H,2,11-13H2,1H3. The topological polar surface area (TPSA) is 102 Å². The second kappa shape index (κ2) is 9.58. The van der Waals surface area contributed by atoms with Gasteiger partial charge in [0.1, 0.15) is 0 Å².